The van der Waals surface area contributed by atoms with Crippen LogP contribution in [0.2, 0.25) is 0 Å². The monoisotopic (exact) mass is 289 g/mol. The van der Waals surface area contributed by atoms with E-state index in [-0.39, 0.29) is 30.3 Å². The van der Waals surface area contributed by atoms with Gasteiger partial charge in [-0.05, 0) is 37.5 Å². The van der Waals surface area contributed by atoms with E-state index in [4.69, 9.17) is 0 Å². The number of carbonyl (C=O) groups excluding carboxylic acids is 2. The van der Waals surface area contributed by atoms with E-state index in [0.29, 0.717) is 0 Å². The summed E-state index contributed by atoms with van der Waals surface area (Å²) in [4.78, 5) is 30.0. The molecule has 2 rings (SSSR count). The molecule has 0 radical (unpaired) electrons. The van der Waals surface area contributed by atoms with Crippen molar-refractivity contribution in [3.8, 4) is 0 Å². The summed E-state index contributed by atoms with van der Waals surface area (Å²) >= 11 is 0. The average molecular weight is 289 g/mol. The summed E-state index contributed by atoms with van der Waals surface area (Å²) in [6, 6.07) is 3.44. The maximum absolute atomic E-state index is 12.5. The molecule has 2 amide bonds. The van der Waals surface area contributed by atoms with Gasteiger partial charge in [-0.1, -0.05) is 13.8 Å². The third-order valence-corrected chi connectivity index (χ3v) is 4.15. The lowest BCUT2D eigenvalue weighted by atomic mass is 10.1. The Morgan fingerprint density at radius 3 is 2.48 bits per heavy atom. The highest BCUT2D eigenvalue weighted by atomic mass is 16.2. The van der Waals surface area contributed by atoms with E-state index < -0.39 is 6.04 Å². The molecule has 1 saturated heterocycles. The van der Waals surface area contributed by atoms with Crippen LogP contribution in [0.15, 0.2) is 24.5 Å². The first-order chi connectivity index (χ1) is 10.1. The summed E-state index contributed by atoms with van der Waals surface area (Å²) in [6.45, 7) is 6.01. The first-order valence-electron chi connectivity index (χ1n) is 7.60. The highest BCUT2D eigenvalue weighted by Crippen LogP contribution is 2.22. The van der Waals surface area contributed by atoms with E-state index in [0.717, 1.165) is 18.4 Å². The molecule has 1 aromatic rings. The molecule has 0 saturated carbocycles. The lowest BCUT2D eigenvalue weighted by Gasteiger charge is -2.25. The molecule has 114 valence electrons. The Morgan fingerprint density at radius 1 is 1.29 bits per heavy atom. The first-order valence-corrected chi connectivity index (χ1v) is 7.60. The molecule has 1 fully saturated rings. The van der Waals surface area contributed by atoms with Crippen LogP contribution in [0, 0.1) is 0 Å². The van der Waals surface area contributed by atoms with Crippen LogP contribution in [-0.4, -0.2) is 33.8 Å². The minimum atomic E-state index is -0.415. The Bertz CT molecular complexity index is 500. The molecule has 1 aliphatic heterocycles. The Morgan fingerprint density at radius 2 is 1.90 bits per heavy atom. The Labute approximate surface area is 125 Å². The summed E-state index contributed by atoms with van der Waals surface area (Å²) in [5.41, 5.74) is 1.06. The maximum atomic E-state index is 12.5. The number of rotatable bonds is 6. The number of aromatic nitrogens is 1. The van der Waals surface area contributed by atoms with Crippen LogP contribution in [0.4, 0.5) is 0 Å². The number of hydrogen-bond acceptors (Lipinski definition) is 4. The second-order valence-corrected chi connectivity index (χ2v) is 5.50. The van der Waals surface area contributed by atoms with Gasteiger partial charge in [0.05, 0.1) is 12.5 Å². The van der Waals surface area contributed by atoms with Gasteiger partial charge >= 0.3 is 0 Å². The van der Waals surface area contributed by atoms with Crippen molar-refractivity contribution in [2.75, 3.05) is 0 Å². The number of imide groups is 1. The first kappa shape index (κ1) is 15.6. The molecular weight excluding hydrogens is 266 g/mol. The SMILES string of the molecule is CCC(CC)N1C(=O)CC(NC(C)c2ccncc2)C1=O. The standard InChI is InChI=1S/C16H23N3O2/c1-4-13(5-2)19-15(20)10-14(16(19)21)18-11(3)12-6-8-17-9-7-12/h6-9,11,13-14,18H,4-5,10H2,1-3H3. The van der Waals surface area contributed by atoms with Gasteiger partial charge in [-0.15, -0.1) is 0 Å². The highest BCUT2D eigenvalue weighted by Gasteiger charge is 2.41. The lowest BCUT2D eigenvalue weighted by molar-refractivity contribution is -0.141. The van der Waals surface area contributed by atoms with Gasteiger partial charge in [0, 0.05) is 24.5 Å². The molecule has 0 aliphatic carbocycles. The number of nitrogens with zero attached hydrogens (tertiary/aromatic N) is 2. The maximum Gasteiger partial charge on any atom is 0.247 e. The molecule has 1 aliphatic rings. The van der Waals surface area contributed by atoms with Gasteiger partial charge in [0.15, 0.2) is 0 Å². The van der Waals surface area contributed by atoms with Crippen molar-refractivity contribution >= 4 is 11.8 Å². The van der Waals surface area contributed by atoms with Gasteiger partial charge in [0.25, 0.3) is 0 Å². The fraction of sp³-hybridized carbons (Fsp3) is 0.562. The average Bonchev–Trinajstić information content (AvgIpc) is 2.77. The third-order valence-electron chi connectivity index (χ3n) is 4.15. The predicted molar refractivity (Wildman–Crippen MR) is 80.4 cm³/mol. The van der Waals surface area contributed by atoms with E-state index in [9.17, 15) is 9.59 Å². The Hall–Kier alpha value is -1.75. The molecule has 5 nitrogen and oxygen atoms in total. The summed E-state index contributed by atoms with van der Waals surface area (Å²) in [6.07, 6.45) is 5.32. The van der Waals surface area contributed by atoms with Crippen LogP contribution >= 0.6 is 0 Å². The van der Waals surface area contributed by atoms with Crippen molar-refractivity contribution in [3.05, 3.63) is 30.1 Å². The van der Waals surface area contributed by atoms with E-state index in [1.165, 1.54) is 4.90 Å². The fourth-order valence-corrected chi connectivity index (χ4v) is 2.87. The van der Waals surface area contributed by atoms with E-state index >= 15 is 0 Å². The second-order valence-electron chi connectivity index (χ2n) is 5.50. The van der Waals surface area contributed by atoms with Crippen molar-refractivity contribution in [1.82, 2.24) is 15.2 Å². The van der Waals surface area contributed by atoms with Gasteiger partial charge in [-0.2, -0.15) is 0 Å². The van der Waals surface area contributed by atoms with Gasteiger partial charge in [0.2, 0.25) is 11.8 Å². The number of likely N-dealkylation sites (tertiary alicyclic amines) is 1. The summed E-state index contributed by atoms with van der Waals surface area (Å²) in [5, 5.41) is 3.27. The van der Waals surface area contributed by atoms with Gasteiger partial charge in [-0.3, -0.25) is 24.8 Å². The molecule has 1 N–H and O–H groups in total. The molecule has 2 heterocycles. The molecule has 0 aromatic carbocycles. The van der Waals surface area contributed by atoms with Crippen LogP contribution in [-0.2, 0) is 9.59 Å². The van der Waals surface area contributed by atoms with Crippen LogP contribution < -0.4 is 5.32 Å². The molecular formula is C16H23N3O2. The summed E-state index contributed by atoms with van der Waals surface area (Å²) in [7, 11) is 0. The number of hydrogen-bond donors (Lipinski definition) is 1. The summed E-state index contributed by atoms with van der Waals surface area (Å²) < 4.78 is 0. The second kappa shape index (κ2) is 6.80. The number of nitrogens with one attached hydrogen (secondary N) is 1. The molecule has 0 spiro atoms. The smallest absolute Gasteiger partial charge is 0.247 e. The molecule has 2 atom stereocenters. The van der Waals surface area contributed by atoms with Crippen molar-refractivity contribution in [2.45, 2.75) is 58.2 Å². The van der Waals surface area contributed by atoms with E-state index in [1.807, 2.05) is 32.9 Å². The van der Waals surface area contributed by atoms with Crippen molar-refractivity contribution < 1.29 is 9.59 Å². The zero-order chi connectivity index (χ0) is 15.4. The van der Waals surface area contributed by atoms with E-state index in [2.05, 4.69) is 10.3 Å². The largest absolute Gasteiger partial charge is 0.299 e. The fourth-order valence-electron chi connectivity index (χ4n) is 2.87. The van der Waals surface area contributed by atoms with Crippen LogP contribution in [0.3, 0.4) is 0 Å². The lowest BCUT2D eigenvalue weighted by Crippen LogP contribution is -2.44. The highest BCUT2D eigenvalue weighted by molar-refractivity contribution is 6.05. The molecule has 21 heavy (non-hydrogen) atoms. The topological polar surface area (TPSA) is 62.3 Å². The van der Waals surface area contributed by atoms with Crippen LogP contribution in [0.1, 0.15) is 51.6 Å². The van der Waals surface area contributed by atoms with Crippen LogP contribution in [0.5, 0.6) is 0 Å². The van der Waals surface area contributed by atoms with Crippen molar-refractivity contribution in [3.63, 3.8) is 0 Å². The minimum Gasteiger partial charge on any atom is -0.299 e. The third kappa shape index (κ3) is 3.29. The van der Waals surface area contributed by atoms with Crippen molar-refractivity contribution in [2.24, 2.45) is 0 Å². The van der Waals surface area contributed by atoms with Gasteiger partial charge < -0.3 is 0 Å². The minimum absolute atomic E-state index is 0.0106. The van der Waals surface area contributed by atoms with E-state index in [1.54, 1.807) is 12.4 Å². The van der Waals surface area contributed by atoms with Gasteiger partial charge in [-0.25, -0.2) is 0 Å². The Balaban J connectivity index is 2.06. The van der Waals surface area contributed by atoms with Crippen LogP contribution in [0.25, 0.3) is 0 Å². The molecule has 2 unspecified atom stereocenters. The van der Waals surface area contributed by atoms with Crippen molar-refractivity contribution in [1.29, 1.82) is 0 Å². The quantitative estimate of drug-likeness (QED) is 0.814. The Kier molecular flexibility index (Phi) is 5.07. The zero-order valence-corrected chi connectivity index (χ0v) is 12.9. The molecule has 5 heteroatoms. The predicted octanol–water partition coefficient (Wildman–Crippen LogP) is 2.05. The molecule has 0 bridgehead atoms. The molecule has 1 aromatic heterocycles. The number of amides is 2. The van der Waals surface area contributed by atoms with Gasteiger partial charge in [0.1, 0.15) is 0 Å². The number of carbonyl (C=O) groups is 2. The number of pyridine rings is 1. The normalized spacial score (nSPS) is 20.4. The summed E-state index contributed by atoms with van der Waals surface area (Å²) in [5.74, 6) is -0.150. The zero-order valence-electron chi connectivity index (χ0n) is 12.9.